The molecule has 1 aliphatic heterocycles. The van der Waals surface area contributed by atoms with Gasteiger partial charge < -0.3 is 0 Å². The Morgan fingerprint density at radius 1 is 1.14 bits per heavy atom. The minimum atomic E-state index is 0.604. The molecule has 146 valence electrons. The number of hydrogen-bond donors (Lipinski definition) is 0. The van der Waals surface area contributed by atoms with Gasteiger partial charge in [-0.15, -0.1) is 11.3 Å². The van der Waals surface area contributed by atoms with Crippen molar-refractivity contribution < 1.29 is 0 Å². The van der Waals surface area contributed by atoms with Crippen molar-refractivity contribution in [3.63, 3.8) is 0 Å². The fourth-order valence-corrected chi connectivity index (χ4v) is 5.01. The van der Waals surface area contributed by atoms with E-state index in [1.165, 1.54) is 12.0 Å². The van der Waals surface area contributed by atoms with Crippen LogP contribution in [0.1, 0.15) is 24.6 Å². The van der Waals surface area contributed by atoms with E-state index in [0.29, 0.717) is 12.0 Å². The van der Waals surface area contributed by atoms with Gasteiger partial charge in [0, 0.05) is 37.3 Å². The second-order valence-corrected chi connectivity index (χ2v) is 8.69. The highest BCUT2D eigenvalue weighted by molar-refractivity contribution is 7.13. The molecule has 4 nitrogen and oxygen atoms in total. The molecule has 0 spiro atoms. The number of nitrogens with zero attached hydrogens (tertiary/aromatic N) is 4. The van der Waals surface area contributed by atoms with Crippen molar-refractivity contribution >= 4 is 11.3 Å². The Labute approximate surface area is 171 Å². The first-order valence-electron chi connectivity index (χ1n) is 10.0. The maximum Gasteiger partial charge on any atom is 0.142 e. The standard InChI is InChI=1S/C23H28N4S/c1-18-14-27(15-19-8-4-3-5-9-19)13-11-22(18)26(2)16-20-17-28-23(25-20)21-10-6-7-12-24-21/h3-10,12,17-18,22H,11,13-16H2,1-2H3/t18-,22-/m0/s1. The second-order valence-electron chi connectivity index (χ2n) is 7.83. The monoisotopic (exact) mass is 392 g/mol. The summed E-state index contributed by atoms with van der Waals surface area (Å²) < 4.78 is 0. The van der Waals surface area contributed by atoms with Gasteiger partial charge in [0.2, 0.25) is 0 Å². The smallest absolute Gasteiger partial charge is 0.142 e. The van der Waals surface area contributed by atoms with Crippen LogP contribution in [0.15, 0.2) is 60.1 Å². The Balaban J connectivity index is 1.33. The van der Waals surface area contributed by atoms with Crippen LogP contribution in [-0.2, 0) is 13.1 Å². The predicted octanol–water partition coefficient (Wildman–Crippen LogP) is 4.55. The van der Waals surface area contributed by atoms with Crippen molar-refractivity contribution in [1.82, 2.24) is 19.8 Å². The molecular weight excluding hydrogens is 364 g/mol. The van der Waals surface area contributed by atoms with Gasteiger partial charge in [-0.05, 0) is 43.6 Å². The van der Waals surface area contributed by atoms with E-state index in [0.717, 1.165) is 42.6 Å². The molecule has 2 aromatic heterocycles. The average Bonchev–Trinajstić information content (AvgIpc) is 3.18. The van der Waals surface area contributed by atoms with Crippen molar-refractivity contribution in [1.29, 1.82) is 0 Å². The Kier molecular flexibility index (Phi) is 6.15. The Hall–Kier alpha value is -2.08. The van der Waals surface area contributed by atoms with Crippen LogP contribution < -0.4 is 0 Å². The van der Waals surface area contributed by atoms with E-state index in [-0.39, 0.29) is 0 Å². The summed E-state index contributed by atoms with van der Waals surface area (Å²) in [5.41, 5.74) is 3.52. The maximum absolute atomic E-state index is 4.82. The molecule has 0 unspecified atom stereocenters. The molecule has 1 fully saturated rings. The molecule has 1 aliphatic rings. The molecule has 1 saturated heterocycles. The Morgan fingerprint density at radius 2 is 1.96 bits per heavy atom. The van der Waals surface area contributed by atoms with Crippen LogP contribution >= 0.6 is 11.3 Å². The van der Waals surface area contributed by atoms with Gasteiger partial charge in [-0.3, -0.25) is 14.8 Å². The molecule has 0 saturated carbocycles. The van der Waals surface area contributed by atoms with Gasteiger partial charge in [-0.2, -0.15) is 0 Å². The molecule has 2 atom stereocenters. The van der Waals surface area contributed by atoms with Gasteiger partial charge in [0.15, 0.2) is 0 Å². The summed E-state index contributed by atoms with van der Waals surface area (Å²) in [7, 11) is 2.24. The van der Waals surface area contributed by atoms with E-state index >= 15 is 0 Å². The van der Waals surface area contributed by atoms with Crippen LogP contribution in [0.5, 0.6) is 0 Å². The maximum atomic E-state index is 4.82. The summed E-state index contributed by atoms with van der Waals surface area (Å²) in [4.78, 5) is 14.3. The SMILES string of the molecule is C[C@H]1CN(Cc2ccccc2)CC[C@@H]1N(C)Cc1csc(-c2ccccn2)n1. The molecule has 0 amide bonds. The van der Waals surface area contributed by atoms with Gasteiger partial charge in [0.1, 0.15) is 5.01 Å². The van der Waals surface area contributed by atoms with Gasteiger partial charge in [-0.1, -0.05) is 43.3 Å². The van der Waals surface area contributed by atoms with E-state index in [4.69, 9.17) is 4.98 Å². The molecule has 28 heavy (non-hydrogen) atoms. The topological polar surface area (TPSA) is 32.3 Å². The van der Waals surface area contributed by atoms with Crippen LogP contribution in [0.3, 0.4) is 0 Å². The lowest BCUT2D eigenvalue weighted by Gasteiger charge is -2.41. The van der Waals surface area contributed by atoms with E-state index in [9.17, 15) is 0 Å². The zero-order chi connectivity index (χ0) is 19.3. The van der Waals surface area contributed by atoms with Gasteiger partial charge in [0.25, 0.3) is 0 Å². The number of hydrogen-bond acceptors (Lipinski definition) is 5. The van der Waals surface area contributed by atoms with E-state index in [2.05, 4.69) is 64.5 Å². The quantitative estimate of drug-likeness (QED) is 0.616. The first kappa shape index (κ1) is 19.2. The lowest BCUT2D eigenvalue weighted by molar-refractivity contribution is 0.0714. The van der Waals surface area contributed by atoms with Crippen LogP contribution in [0.4, 0.5) is 0 Å². The minimum absolute atomic E-state index is 0.604. The largest absolute Gasteiger partial charge is 0.299 e. The van der Waals surface area contributed by atoms with Crippen molar-refractivity contribution in [3.8, 4) is 10.7 Å². The molecule has 0 radical (unpaired) electrons. The predicted molar refractivity (Wildman–Crippen MR) is 116 cm³/mol. The first-order valence-corrected chi connectivity index (χ1v) is 10.9. The number of pyridine rings is 1. The fraction of sp³-hybridized carbons (Fsp3) is 0.391. The van der Waals surface area contributed by atoms with Crippen molar-refractivity contribution in [2.24, 2.45) is 5.92 Å². The highest BCUT2D eigenvalue weighted by Crippen LogP contribution is 2.26. The van der Waals surface area contributed by atoms with Crippen molar-refractivity contribution in [3.05, 3.63) is 71.4 Å². The number of thiazole rings is 1. The zero-order valence-corrected chi connectivity index (χ0v) is 17.5. The highest BCUT2D eigenvalue weighted by atomic mass is 32.1. The number of likely N-dealkylation sites (tertiary alicyclic amines) is 1. The number of benzene rings is 1. The van der Waals surface area contributed by atoms with Gasteiger partial charge >= 0.3 is 0 Å². The summed E-state index contributed by atoms with van der Waals surface area (Å²) in [6, 6.07) is 17.4. The third-order valence-electron chi connectivity index (χ3n) is 5.61. The Morgan fingerprint density at radius 3 is 2.71 bits per heavy atom. The minimum Gasteiger partial charge on any atom is -0.299 e. The van der Waals surface area contributed by atoms with E-state index in [1.54, 1.807) is 11.3 Å². The summed E-state index contributed by atoms with van der Waals surface area (Å²) in [5.74, 6) is 0.649. The molecule has 3 heterocycles. The van der Waals surface area contributed by atoms with Crippen molar-refractivity contribution in [2.45, 2.75) is 32.5 Å². The van der Waals surface area contributed by atoms with Crippen LogP contribution in [0.25, 0.3) is 10.7 Å². The van der Waals surface area contributed by atoms with Crippen LogP contribution in [-0.4, -0.2) is 45.9 Å². The Bertz CT molecular complexity index is 865. The molecular formula is C23H28N4S. The highest BCUT2D eigenvalue weighted by Gasteiger charge is 2.29. The number of rotatable bonds is 6. The molecule has 4 rings (SSSR count). The molecule has 0 aliphatic carbocycles. The average molecular weight is 393 g/mol. The summed E-state index contributed by atoms with van der Waals surface area (Å²) in [6.07, 6.45) is 3.04. The third kappa shape index (κ3) is 4.66. The summed E-state index contributed by atoms with van der Waals surface area (Å²) in [5, 5.41) is 3.19. The molecule has 5 heteroatoms. The van der Waals surface area contributed by atoms with Crippen LogP contribution in [0.2, 0.25) is 0 Å². The zero-order valence-electron chi connectivity index (χ0n) is 16.7. The van der Waals surface area contributed by atoms with Gasteiger partial charge in [-0.25, -0.2) is 4.98 Å². The third-order valence-corrected chi connectivity index (χ3v) is 6.52. The molecule has 1 aromatic carbocycles. The molecule has 0 N–H and O–H groups in total. The van der Waals surface area contributed by atoms with Gasteiger partial charge in [0.05, 0.1) is 11.4 Å². The molecule has 0 bridgehead atoms. The first-order chi connectivity index (χ1) is 13.7. The lowest BCUT2D eigenvalue weighted by atomic mass is 9.92. The lowest BCUT2D eigenvalue weighted by Crippen LogP contribution is -2.48. The van der Waals surface area contributed by atoms with E-state index < -0.39 is 0 Å². The summed E-state index contributed by atoms with van der Waals surface area (Å²) in [6.45, 7) is 6.65. The van der Waals surface area contributed by atoms with Crippen LogP contribution in [0, 0.1) is 5.92 Å². The second kappa shape index (κ2) is 8.95. The molecule has 3 aromatic rings. The fourth-order valence-electron chi connectivity index (χ4n) is 4.22. The normalized spacial score (nSPS) is 20.5. The summed E-state index contributed by atoms with van der Waals surface area (Å²) >= 11 is 1.69. The van der Waals surface area contributed by atoms with Crippen molar-refractivity contribution in [2.75, 3.05) is 20.1 Å². The van der Waals surface area contributed by atoms with E-state index in [1.807, 2.05) is 24.4 Å². The number of aromatic nitrogens is 2. The number of piperidine rings is 1.